The Labute approximate surface area is 168 Å². The molecule has 1 fully saturated rings. The Morgan fingerprint density at radius 1 is 1.54 bits per heavy atom. The van der Waals surface area contributed by atoms with Crippen molar-refractivity contribution in [3.05, 3.63) is 16.1 Å². The van der Waals surface area contributed by atoms with Crippen LogP contribution in [-0.4, -0.2) is 60.5 Å². The maximum Gasteiger partial charge on any atom is 0.193 e. The van der Waals surface area contributed by atoms with E-state index >= 15 is 0 Å². The van der Waals surface area contributed by atoms with E-state index in [0.717, 1.165) is 35.7 Å². The van der Waals surface area contributed by atoms with Crippen LogP contribution in [0.1, 0.15) is 37.4 Å². The summed E-state index contributed by atoms with van der Waals surface area (Å²) in [7, 11) is 3.93. The quantitative estimate of drug-likeness (QED) is 0.398. The molecule has 0 spiro atoms. The van der Waals surface area contributed by atoms with Crippen molar-refractivity contribution in [2.24, 2.45) is 10.9 Å². The number of hydrogen-bond acceptors (Lipinski definition) is 4. The van der Waals surface area contributed by atoms with Gasteiger partial charge in [-0.3, -0.25) is 9.89 Å². The highest BCUT2D eigenvalue weighted by Gasteiger charge is 2.25. The summed E-state index contributed by atoms with van der Waals surface area (Å²) in [5.41, 5.74) is 1.11. The summed E-state index contributed by atoms with van der Waals surface area (Å²) in [6.45, 7) is 10.8. The predicted octanol–water partition coefficient (Wildman–Crippen LogP) is 3.20. The van der Waals surface area contributed by atoms with Crippen LogP contribution in [0.5, 0.6) is 0 Å². The van der Waals surface area contributed by atoms with E-state index in [9.17, 15) is 0 Å². The highest BCUT2D eigenvalue weighted by molar-refractivity contribution is 14.0. The Balaban J connectivity index is 0.00000288. The van der Waals surface area contributed by atoms with E-state index in [1.165, 1.54) is 25.9 Å². The van der Waals surface area contributed by atoms with Gasteiger partial charge in [-0.25, -0.2) is 4.98 Å². The summed E-state index contributed by atoms with van der Waals surface area (Å²) in [5, 5.41) is 6.79. The molecule has 1 N–H and O–H groups in total. The van der Waals surface area contributed by atoms with Gasteiger partial charge in [0.1, 0.15) is 0 Å². The van der Waals surface area contributed by atoms with Gasteiger partial charge in [-0.1, -0.05) is 13.8 Å². The number of halogens is 1. The van der Waals surface area contributed by atoms with Crippen LogP contribution in [0.2, 0.25) is 0 Å². The fourth-order valence-corrected chi connectivity index (χ4v) is 3.83. The highest BCUT2D eigenvalue weighted by Crippen LogP contribution is 2.18. The van der Waals surface area contributed by atoms with Gasteiger partial charge in [-0.05, 0) is 32.2 Å². The van der Waals surface area contributed by atoms with E-state index in [1.807, 2.05) is 14.0 Å². The van der Waals surface area contributed by atoms with Gasteiger partial charge in [0, 0.05) is 38.6 Å². The Kier molecular flexibility index (Phi) is 9.51. The summed E-state index contributed by atoms with van der Waals surface area (Å²) in [4.78, 5) is 13.7. The molecule has 5 nitrogen and oxygen atoms in total. The van der Waals surface area contributed by atoms with Crippen molar-refractivity contribution < 1.29 is 0 Å². The predicted molar refractivity (Wildman–Crippen MR) is 115 cm³/mol. The minimum absolute atomic E-state index is 0. The van der Waals surface area contributed by atoms with Crippen LogP contribution in [0.3, 0.4) is 0 Å². The van der Waals surface area contributed by atoms with E-state index in [2.05, 4.69) is 51.4 Å². The second kappa shape index (κ2) is 10.6. The molecule has 7 heteroatoms. The molecule has 1 atom stereocenters. The molecular weight excluding hydrogens is 433 g/mol. The van der Waals surface area contributed by atoms with Crippen molar-refractivity contribution in [2.75, 3.05) is 33.7 Å². The highest BCUT2D eigenvalue weighted by atomic mass is 127. The fourth-order valence-electron chi connectivity index (χ4n) is 3.23. The van der Waals surface area contributed by atoms with Crippen molar-refractivity contribution in [3.63, 3.8) is 0 Å². The molecule has 0 aliphatic carbocycles. The molecule has 138 valence electrons. The summed E-state index contributed by atoms with van der Waals surface area (Å²) >= 11 is 1.70. The largest absolute Gasteiger partial charge is 0.355 e. The van der Waals surface area contributed by atoms with E-state index in [0.29, 0.717) is 6.04 Å². The Bertz CT molecular complexity index is 517. The van der Waals surface area contributed by atoms with Gasteiger partial charge in [0.15, 0.2) is 5.96 Å². The Hall–Kier alpha value is -0.410. The third kappa shape index (κ3) is 6.48. The van der Waals surface area contributed by atoms with E-state index in [1.54, 1.807) is 11.3 Å². The van der Waals surface area contributed by atoms with Crippen LogP contribution >= 0.6 is 35.3 Å². The van der Waals surface area contributed by atoms with Crippen LogP contribution in [0, 0.1) is 12.8 Å². The van der Waals surface area contributed by atoms with Gasteiger partial charge in [-0.15, -0.1) is 35.3 Å². The second-order valence-corrected chi connectivity index (χ2v) is 7.89. The lowest BCUT2D eigenvalue weighted by atomic mass is 10.1. The normalized spacial score (nSPS) is 18.8. The van der Waals surface area contributed by atoms with Crippen molar-refractivity contribution in [1.29, 1.82) is 0 Å². The van der Waals surface area contributed by atoms with E-state index in [-0.39, 0.29) is 24.0 Å². The summed E-state index contributed by atoms with van der Waals surface area (Å²) in [6.07, 6.45) is 2.59. The lowest BCUT2D eigenvalue weighted by Crippen LogP contribution is -2.46. The molecule has 0 aromatic carbocycles. The first-order chi connectivity index (χ1) is 11.0. The van der Waals surface area contributed by atoms with Crippen LogP contribution < -0.4 is 5.32 Å². The van der Waals surface area contributed by atoms with Crippen molar-refractivity contribution >= 4 is 41.3 Å². The molecule has 2 heterocycles. The minimum Gasteiger partial charge on any atom is -0.355 e. The van der Waals surface area contributed by atoms with Crippen molar-refractivity contribution in [3.8, 4) is 0 Å². The first-order valence-electron chi connectivity index (χ1n) is 8.56. The number of aryl methyl sites for hydroxylation is 1. The lowest BCUT2D eigenvalue weighted by molar-refractivity contribution is 0.225. The second-order valence-electron chi connectivity index (χ2n) is 6.83. The number of aromatic nitrogens is 1. The molecule has 0 unspecified atom stereocenters. The van der Waals surface area contributed by atoms with Crippen LogP contribution in [0.25, 0.3) is 0 Å². The summed E-state index contributed by atoms with van der Waals surface area (Å²) < 4.78 is 0. The number of hydrogen-bond donors (Lipinski definition) is 1. The van der Waals surface area contributed by atoms with E-state index in [4.69, 9.17) is 0 Å². The number of thiazole rings is 1. The summed E-state index contributed by atoms with van der Waals surface area (Å²) in [5.74, 6) is 1.68. The van der Waals surface area contributed by atoms with Gasteiger partial charge in [-0.2, -0.15) is 0 Å². The van der Waals surface area contributed by atoms with Gasteiger partial charge >= 0.3 is 0 Å². The van der Waals surface area contributed by atoms with Crippen LogP contribution in [0.4, 0.5) is 0 Å². The average Bonchev–Trinajstić information content (AvgIpc) is 3.08. The third-order valence-electron chi connectivity index (χ3n) is 4.23. The standard InChI is InChI=1S/C17H31N5S.HI/c1-13(2)10-22-8-6-7-16(22)9-19-17(18-4)21(5)11-15-12-23-14(3)20-15;/h12-13,16H,6-11H2,1-5H3,(H,18,19);1H/t16-;/m1./s1. The maximum atomic E-state index is 4.54. The number of aliphatic imine (C=N–C) groups is 1. The third-order valence-corrected chi connectivity index (χ3v) is 5.06. The number of guanidine groups is 1. The number of likely N-dealkylation sites (tertiary alicyclic amines) is 1. The fraction of sp³-hybridized carbons (Fsp3) is 0.765. The van der Waals surface area contributed by atoms with Gasteiger partial charge < -0.3 is 10.2 Å². The molecule has 24 heavy (non-hydrogen) atoms. The topological polar surface area (TPSA) is 43.8 Å². The first kappa shape index (κ1) is 21.6. The zero-order chi connectivity index (χ0) is 16.8. The molecule has 0 bridgehead atoms. The molecule has 1 aromatic heterocycles. The molecule has 1 aromatic rings. The SMILES string of the molecule is CN=C(NC[C@H]1CCCN1CC(C)C)N(C)Cc1csc(C)n1.I. The molecule has 0 radical (unpaired) electrons. The Morgan fingerprint density at radius 2 is 2.29 bits per heavy atom. The van der Waals surface area contributed by atoms with Gasteiger partial charge in [0.05, 0.1) is 17.2 Å². The molecular formula is C17H32IN5S. The monoisotopic (exact) mass is 465 g/mol. The van der Waals surface area contributed by atoms with Gasteiger partial charge in [0.25, 0.3) is 0 Å². The molecule has 1 aliphatic heterocycles. The van der Waals surface area contributed by atoms with Gasteiger partial charge in [0.2, 0.25) is 0 Å². The van der Waals surface area contributed by atoms with Crippen LogP contribution in [-0.2, 0) is 6.54 Å². The summed E-state index contributed by atoms with van der Waals surface area (Å²) in [6, 6.07) is 0.629. The lowest BCUT2D eigenvalue weighted by Gasteiger charge is -2.28. The van der Waals surface area contributed by atoms with E-state index < -0.39 is 0 Å². The first-order valence-corrected chi connectivity index (χ1v) is 9.44. The number of nitrogens with one attached hydrogen (secondary N) is 1. The zero-order valence-corrected chi connectivity index (χ0v) is 18.7. The molecule has 1 saturated heterocycles. The zero-order valence-electron chi connectivity index (χ0n) is 15.6. The molecule has 0 amide bonds. The van der Waals surface area contributed by atoms with Crippen molar-refractivity contribution in [1.82, 2.24) is 20.1 Å². The number of rotatable bonds is 6. The minimum atomic E-state index is 0. The number of nitrogens with zero attached hydrogens (tertiary/aromatic N) is 4. The average molecular weight is 465 g/mol. The maximum absolute atomic E-state index is 4.54. The Morgan fingerprint density at radius 3 is 2.88 bits per heavy atom. The molecule has 0 saturated carbocycles. The molecule has 1 aliphatic rings. The molecule has 2 rings (SSSR count). The van der Waals surface area contributed by atoms with Crippen molar-refractivity contribution in [2.45, 2.75) is 46.2 Å². The van der Waals surface area contributed by atoms with Crippen LogP contribution in [0.15, 0.2) is 10.4 Å². The smallest absolute Gasteiger partial charge is 0.193 e.